The van der Waals surface area contributed by atoms with Gasteiger partial charge in [0.25, 0.3) is 0 Å². The Balaban J connectivity index is 1.56. The average molecular weight is 254 g/mol. The monoisotopic (exact) mass is 254 g/mol. The van der Waals surface area contributed by atoms with Crippen molar-refractivity contribution in [1.29, 1.82) is 0 Å². The average Bonchev–Trinajstić information content (AvgIpc) is 2.87. The maximum Gasteiger partial charge on any atom is 0.220 e. The lowest BCUT2D eigenvalue weighted by molar-refractivity contribution is -0.121. The Hall–Kier alpha value is -0.610. The third-order valence-electron chi connectivity index (χ3n) is 4.21. The zero-order valence-electron chi connectivity index (χ0n) is 11.2. The number of nitrogens with one attached hydrogen (secondary N) is 1. The second-order valence-corrected chi connectivity index (χ2v) is 5.87. The predicted octanol–water partition coefficient (Wildman–Crippen LogP) is 1.44. The van der Waals surface area contributed by atoms with Crippen LogP contribution in [0.5, 0.6) is 0 Å². The summed E-state index contributed by atoms with van der Waals surface area (Å²) in [6.07, 6.45) is 7.47. The smallest absolute Gasteiger partial charge is 0.220 e. The molecule has 1 heterocycles. The van der Waals surface area contributed by atoms with Gasteiger partial charge in [0.2, 0.25) is 5.91 Å². The molecular weight excluding hydrogens is 228 g/mol. The summed E-state index contributed by atoms with van der Waals surface area (Å²) in [6, 6.07) is 0.363. The van der Waals surface area contributed by atoms with Crippen LogP contribution in [0.4, 0.5) is 0 Å². The number of carbonyl (C=O) groups excluding carboxylic acids is 1. The number of rotatable bonds is 5. The predicted molar refractivity (Wildman–Crippen MR) is 71.1 cm³/mol. The Morgan fingerprint density at radius 2 is 2.17 bits per heavy atom. The van der Waals surface area contributed by atoms with Crippen LogP contribution in [0.1, 0.15) is 44.9 Å². The van der Waals surface area contributed by atoms with Crippen molar-refractivity contribution in [1.82, 2.24) is 5.32 Å². The largest absolute Gasteiger partial charge is 0.381 e. The Morgan fingerprint density at radius 1 is 1.28 bits per heavy atom. The highest BCUT2D eigenvalue weighted by molar-refractivity contribution is 5.75. The molecular formula is C14H26N2O2. The quantitative estimate of drug-likeness (QED) is 0.780. The van der Waals surface area contributed by atoms with Crippen molar-refractivity contribution in [2.75, 3.05) is 19.8 Å². The highest BCUT2D eigenvalue weighted by Crippen LogP contribution is 2.26. The summed E-state index contributed by atoms with van der Waals surface area (Å²) < 4.78 is 5.29. The van der Waals surface area contributed by atoms with Crippen molar-refractivity contribution in [3.8, 4) is 0 Å². The van der Waals surface area contributed by atoms with Gasteiger partial charge in [0.15, 0.2) is 0 Å². The Kier molecular flexibility index (Phi) is 5.45. The zero-order chi connectivity index (χ0) is 12.8. The van der Waals surface area contributed by atoms with E-state index in [1.807, 2.05) is 0 Å². The lowest BCUT2D eigenvalue weighted by Gasteiger charge is -2.26. The van der Waals surface area contributed by atoms with E-state index in [4.69, 9.17) is 10.5 Å². The summed E-state index contributed by atoms with van der Waals surface area (Å²) in [7, 11) is 0. The van der Waals surface area contributed by atoms with Crippen LogP contribution in [0.15, 0.2) is 0 Å². The van der Waals surface area contributed by atoms with Gasteiger partial charge in [0.05, 0.1) is 6.61 Å². The summed E-state index contributed by atoms with van der Waals surface area (Å²) in [5, 5.41) is 3.03. The van der Waals surface area contributed by atoms with E-state index in [9.17, 15) is 4.79 Å². The standard InChI is InChI=1S/C14H26N2O2/c15-13-3-1-2-11(8-13)4-5-14(17)16-9-12-6-7-18-10-12/h11-13H,1-10,15H2,(H,16,17). The molecule has 2 aliphatic rings. The van der Waals surface area contributed by atoms with Crippen LogP contribution in [0.25, 0.3) is 0 Å². The molecule has 0 aromatic heterocycles. The Morgan fingerprint density at radius 3 is 2.89 bits per heavy atom. The highest BCUT2D eigenvalue weighted by atomic mass is 16.5. The Labute approximate surface area is 110 Å². The van der Waals surface area contributed by atoms with Crippen LogP contribution in [0.3, 0.4) is 0 Å². The van der Waals surface area contributed by atoms with E-state index in [1.54, 1.807) is 0 Å². The maximum absolute atomic E-state index is 11.7. The van der Waals surface area contributed by atoms with Crippen molar-refractivity contribution in [2.45, 2.75) is 51.0 Å². The van der Waals surface area contributed by atoms with Crippen molar-refractivity contribution >= 4 is 5.91 Å². The number of ether oxygens (including phenoxy) is 1. The van der Waals surface area contributed by atoms with Crippen LogP contribution in [0, 0.1) is 11.8 Å². The second-order valence-electron chi connectivity index (χ2n) is 5.87. The third kappa shape index (κ3) is 4.58. The SMILES string of the molecule is NC1CCCC(CCC(=O)NCC2CCOC2)C1. The first kappa shape index (κ1) is 13.8. The van der Waals surface area contributed by atoms with Gasteiger partial charge in [-0.05, 0) is 31.6 Å². The van der Waals surface area contributed by atoms with E-state index in [1.165, 1.54) is 12.8 Å². The van der Waals surface area contributed by atoms with E-state index in [0.29, 0.717) is 24.3 Å². The van der Waals surface area contributed by atoms with Gasteiger partial charge in [-0.1, -0.05) is 12.8 Å². The molecule has 0 aromatic rings. The molecule has 1 aliphatic heterocycles. The lowest BCUT2D eigenvalue weighted by Crippen LogP contribution is -2.31. The summed E-state index contributed by atoms with van der Waals surface area (Å²) in [4.78, 5) is 11.7. The van der Waals surface area contributed by atoms with E-state index in [0.717, 1.165) is 45.4 Å². The van der Waals surface area contributed by atoms with E-state index in [-0.39, 0.29) is 5.91 Å². The summed E-state index contributed by atoms with van der Waals surface area (Å²) >= 11 is 0. The third-order valence-corrected chi connectivity index (χ3v) is 4.21. The number of carbonyl (C=O) groups is 1. The lowest BCUT2D eigenvalue weighted by atomic mass is 9.83. The van der Waals surface area contributed by atoms with Gasteiger partial charge in [-0.25, -0.2) is 0 Å². The second kappa shape index (κ2) is 7.10. The van der Waals surface area contributed by atoms with Crippen molar-refractivity contribution in [2.24, 2.45) is 17.6 Å². The van der Waals surface area contributed by atoms with Crippen LogP contribution >= 0.6 is 0 Å². The molecule has 1 saturated carbocycles. The number of hydrogen-bond donors (Lipinski definition) is 2. The fraction of sp³-hybridized carbons (Fsp3) is 0.929. The summed E-state index contributed by atoms with van der Waals surface area (Å²) in [6.45, 7) is 2.43. The summed E-state index contributed by atoms with van der Waals surface area (Å²) in [5.41, 5.74) is 5.96. The molecule has 3 atom stereocenters. The van der Waals surface area contributed by atoms with Gasteiger partial charge in [-0.2, -0.15) is 0 Å². The Bertz CT molecular complexity index is 265. The first-order chi connectivity index (χ1) is 8.74. The molecule has 2 rings (SSSR count). The first-order valence-electron chi connectivity index (χ1n) is 7.34. The van der Waals surface area contributed by atoms with Crippen molar-refractivity contribution < 1.29 is 9.53 Å². The zero-order valence-corrected chi connectivity index (χ0v) is 11.2. The molecule has 0 spiro atoms. The van der Waals surface area contributed by atoms with Gasteiger partial charge in [0.1, 0.15) is 0 Å². The van der Waals surface area contributed by atoms with Crippen molar-refractivity contribution in [3.05, 3.63) is 0 Å². The molecule has 18 heavy (non-hydrogen) atoms. The van der Waals surface area contributed by atoms with Gasteiger partial charge >= 0.3 is 0 Å². The molecule has 3 N–H and O–H groups in total. The molecule has 4 nitrogen and oxygen atoms in total. The van der Waals surface area contributed by atoms with Crippen molar-refractivity contribution in [3.63, 3.8) is 0 Å². The molecule has 1 aliphatic carbocycles. The normalized spacial score (nSPS) is 32.4. The minimum atomic E-state index is 0.195. The molecule has 104 valence electrons. The number of hydrogen-bond acceptors (Lipinski definition) is 3. The van der Waals surface area contributed by atoms with E-state index < -0.39 is 0 Å². The minimum absolute atomic E-state index is 0.195. The number of amides is 1. The molecule has 0 aromatic carbocycles. The molecule has 0 radical (unpaired) electrons. The minimum Gasteiger partial charge on any atom is -0.381 e. The molecule has 1 saturated heterocycles. The molecule has 0 bridgehead atoms. The fourth-order valence-electron chi connectivity index (χ4n) is 3.02. The molecule has 1 amide bonds. The van der Waals surface area contributed by atoms with E-state index >= 15 is 0 Å². The van der Waals surface area contributed by atoms with Crippen LogP contribution in [0.2, 0.25) is 0 Å². The number of nitrogens with two attached hydrogens (primary N) is 1. The van der Waals surface area contributed by atoms with Gasteiger partial charge < -0.3 is 15.8 Å². The van der Waals surface area contributed by atoms with Gasteiger partial charge in [0, 0.05) is 31.5 Å². The fourth-order valence-corrected chi connectivity index (χ4v) is 3.02. The van der Waals surface area contributed by atoms with Crippen LogP contribution in [-0.2, 0) is 9.53 Å². The van der Waals surface area contributed by atoms with E-state index in [2.05, 4.69) is 5.32 Å². The van der Waals surface area contributed by atoms with Gasteiger partial charge in [-0.3, -0.25) is 4.79 Å². The highest BCUT2D eigenvalue weighted by Gasteiger charge is 2.20. The van der Waals surface area contributed by atoms with Gasteiger partial charge in [-0.15, -0.1) is 0 Å². The molecule has 2 fully saturated rings. The molecule has 4 heteroatoms. The maximum atomic E-state index is 11.7. The summed E-state index contributed by atoms with van der Waals surface area (Å²) in [5.74, 6) is 1.38. The van der Waals surface area contributed by atoms with Crippen LogP contribution in [-0.4, -0.2) is 31.7 Å². The first-order valence-corrected chi connectivity index (χ1v) is 7.34. The topological polar surface area (TPSA) is 64.4 Å². The molecule has 3 unspecified atom stereocenters. The van der Waals surface area contributed by atoms with Crippen LogP contribution < -0.4 is 11.1 Å².